The molecule has 0 aromatic rings. The molecule has 0 saturated heterocycles. The van der Waals surface area contributed by atoms with E-state index in [1.54, 1.807) is 6.08 Å². The largest absolute Gasteiger partial charge is 0.365 e. The first-order chi connectivity index (χ1) is 5.20. The van der Waals surface area contributed by atoms with Gasteiger partial charge in [-0.1, -0.05) is 6.58 Å². The zero-order chi connectivity index (χ0) is 8.27. The molecule has 0 unspecified atom stereocenters. The fraction of sp³-hybridized carbons (Fsp3) is 0.167. The molecular weight excluding hydrogens is 180 g/mol. The predicted molar refractivity (Wildman–Crippen MR) is 49.6 cm³/mol. The van der Waals surface area contributed by atoms with Crippen LogP contribution in [0.5, 0.6) is 0 Å². The number of rotatable bonds is 1. The van der Waals surface area contributed by atoms with Crippen molar-refractivity contribution in [2.45, 2.75) is 0 Å². The van der Waals surface area contributed by atoms with Gasteiger partial charge in [-0.3, -0.25) is 9.52 Å². The molecule has 1 aliphatic rings. The second-order valence-corrected chi connectivity index (χ2v) is 4.08. The van der Waals surface area contributed by atoms with Gasteiger partial charge in [0.05, 0.1) is 4.91 Å². The molecule has 0 bridgehead atoms. The predicted octanol–water partition coefficient (Wildman–Crippen LogP) is 0.811. The molecule has 3 N–H and O–H groups in total. The van der Waals surface area contributed by atoms with E-state index >= 15 is 0 Å². The number of hydrogen-bond acceptors (Lipinski definition) is 4. The van der Waals surface area contributed by atoms with Gasteiger partial charge in [-0.2, -0.15) is 0 Å². The summed E-state index contributed by atoms with van der Waals surface area (Å²) in [6, 6.07) is 0. The normalized spacial score (nSPS) is 18.9. The quantitative estimate of drug-likeness (QED) is 0.472. The van der Waals surface area contributed by atoms with E-state index in [-0.39, 0.29) is 0 Å². The lowest BCUT2D eigenvalue weighted by Gasteiger charge is -1.95. The van der Waals surface area contributed by atoms with Crippen molar-refractivity contribution in [1.29, 1.82) is 0 Å². The number of hydrogen-bond donors (Lipinski definition) is 2. The van der Waals surface area contributed by atoms with E-state index in [1.165, 1.54) is 21.8 Å². The summed E-state index contributed by atoms with van der Waals surface area (Å²) in [5.74, 6) is -0.396. The summed E-state index contributed by atoms with van der Waals surface area (Å²) in [6.07, 6.45) is 1.71. The van der Waals surface area contributed by atoms with Crippen molar-refractivity contribution in [3.05, 3.63) is 23.1 Å². The van der Waals surface area contributed by atoms with Gasteiger partial charge in [-0.25, -0.2) is 0 Å². The van der Waals surface area contributed by atoms with E-state index in [0.717, 1.165) is 5.57 Å². The van der Waals surface area contributed by atoms with Crippen molar-refractivity contribution in [2.24, 2.45) is 5.73 Å². The number of nitrogens with two attached hydrogens (primary N) is 1. The molecule has 60 valence electrons. The van der Waals surface area contributed by atoms with Gasteiger partial charge >= 0.3 is 0 Å². The van der Waals surface area contributed by atoms with E-state index in [1.807, 2.05) is 0 Å². The fourth-order valence-electron chi connectivity index (χ4n) is 0.569. The van der Waals surface area contributed by atoms with Crippen LogP contribution in [-0.4, -0.2) is 12.5 Å². The molecule has 0 fully saturated rings. The molecule has 0 aliphatic carbocycles. The number of amides is 1. The summed E-state index contributed by atoms with van der Waals surface area (Å²) in [5, 5.41) is 0. The molecule has 5 heteroatoms. The Hall–Kier alpha value is -0.390. The standard InChI is InChI=1S/C6H8N2OS2/c1-4-2-5(6(7)9)10-11-8-3-4/h2,8H,1,3H2,(H2,7,9). The molecular formula is C6H8N2OS2. The molecule has 0 aromatic heterocycles. The van der Waals surface area contributed by atoms with Crippen molar-refractivity contribution >= 4 is 27.7 Å². The Balaban J connectivity index is 2.75. The third kappa shape index (κ3) is 2.61. The Bertz CT molecular complexity index is 225. The minimum atomic E-state index is -0.396. The summed E-state index contributed by atoms with van der Waals surface area (Å²) >= 11 is 0. The van der Waals surface area contributed by atoms with E-state index in [4.69, 9.17) is 5.73 Å². The first-order valence-electron chi connectivity index (χ1n) is 2.96. The first kappa shape index (κ1) is 8.70. The fourth-order valence-corrected chi connectivity index (χ4v) is 2.27. The molecule has 0 spiro atoms. The highest BCUT2D eigenvalue weighted by Gasteiger charge is 2.09. The Labute approximate surface area is 73.0 Å². The van der Waals surface area contributed by atoms with Crippen LogP contribution in [0.1, 0.15) is 0 Å². The lowest BCUT2D eigenvalue weighted by Crippen LogP contribution is -2.11. The maximum absolute atomic E-state index is 10.7. The highest BCUT2D eigenvalue weighted by molar-refractivity contribution is 8.77. The number of primary amides is 1. The van der Waals surface area contributed by atoms with Crippen LogP contribution in [0.15, 0.2) is 23.1 Å². The second-order valence-electron chi connectivity index (χ2n) is 2.02. The van der Waals surface area contributed by atoms with Crippen molar-refractivity contribution in [2.75, 3.05) is 6.54 Å². The molecule has 11 heavy (non-hydrogen) atoms. The third-order valence-corrected chi connectivity index (χ3v) is 3.05. The Kier molecular flexibility index (Phi) is 3.04. The Morgan fingerprint density at radius 2 is 2.55 bits per heavy atom. The zero-order valence-electron chi connectivity index (χ0n) is 5.79. The van der Waals surface area contributed by atoms with Gasteiger partial charge < -0.3 is 5.73 Å². The Morgan fingerprint density at radius 3 is 3.18 bits per heavy atom. The number of carbonyl (C=O) groups is 1. The SMILES string of the molecule is C=C1C=C(C(N)=O)SSNC1. The molecule has 0 atom stereocenters. The minimum Gasteiger partial charge on any atom is -0.365 e. The zero-order valence-corrected chi connectivity index (χ0v) is 7.43. The average molecular weight is 188 g/mol. The van der Waals surface area contributed by atoms with Gasteiger partial charge in [0.25, 0.3) is 5.91 Å². The highest BCUT2D eigenvalue weighted by Crippen LogP contribution is 2.30. The highest BCUT2D eigenvalue weighted by atomic mass is 33.1. The maximum atomic E-state index is 10.7. The van der Waals surface area contributed by atoms with Crippen LogP contribution in [0.4, 0.5) is 0 Å². The second kappa shape index (κ2) is 3.85. The van der Waals surface area contributed by atoms with Crippen molar-refractivity contribution in [1.82, 2.24) is 4.72 Å². The Morgan fingerprint density at radius 1 is 1.82 bits per heavy atom. The summed E-state index contributed by atoms with van der Waals surface area (Å²) in [5.41, 5.74) is 5.96. The van der Waals surface area contributed by atoms with Gasteiger partial charge in [-0.15, -0.1) is 0 Å². The van der Waals surface area contributed by atoms with Crippen LogP contribution < -0.4 is 10.5 Å². The molecule has 1 heterocycles. The summed E-state index contributed by atoms with van der Waals surface area (Å²) in [4.78, 5) is 11.2. The molecule has 0 saturated carbocycles. The topological polar surface area (TPSA) is 55.1 Å². The van der Waals surface area contributed by atoms with Crippen LogP contribution in [0, 0.1) is 0 Å². The summed E-state index contributed by atoms with van der Waals surface area (Å²) < 4.78 is 3.00. The molecule has 1 aliphatic heterocycles. The van der Waals surface area contributed by atoms with Crippen molar-refractivity contribution < 1.29 is 4.79 Å². The van der Waals surface area contributed by atoms with Crippen LogP contribution in [0.2, 0.25) is 0 Å². The van der Waals surface area contributed by atoms with Crippen molar-refractivity contribution in [3.8, 4) is 0 Å². The summed E-state index contributed by atoms with van der Waals surface area (Å²) in [7, 11) is 2.72. The van der Waals surface area contributed by atoms with E-state index in [2.05, 4.69) is 11.3 Å². The third-order valence-electron chi connectivity index (χ3n) is 1.07. The molecule has 3 nitrogen and oxygen atoms in total. The number of carbonyl (C=O) groups excluding carboxylic acids is 1. The molecule has 1 amide bonds. The van der Waals surface area contributed by atoms with E-state index in [0.29, 0.717) is 11.4 Å². The van der Waals surface area contributed by atoms with Crippen LogP contribution in [-0.2, 0) is 4.79 Å². The van der Waals surface area contributed by atoms with E-state index in [9.17, 15) is 4.79 Å². The first-order valence-corrected chi connectivity index (χ1v) is 5.11. The van der Waals surface area contributed by atoms with Gasteiger partial charge in [0.1, 0.15) is 0 Å². The van der Waals surface area contributed by atoms with Gasteiger partial charge in [0.2, 0.25) is 0 Å². The van der Waals surface area contributed by atoms with Crippen LogP contribution in [0.25, 0.3) is 0 Å². The van der Waals surface area contributed by atoms with Crippen LogP contribution in [0.3, 0.4) is 0 Å². The monoisotopic (exact) mass is 188 g/mol. The lowest BCUT2D eigenvalue weighted by molar-refractivity contribution is -0.113. The lowest BCUT2D eigenvalue weighted by atomic mass is 10.3. The van der Waals surface area contributed by atoms with Gasteiger partial charge in [0, 0.05) is 6.54 Å². The van der Waals surface area contributed by atoms with Crippen molar-refractivity contribution in [3.63, 3.8) is 0 Å². The number of nitrogens with one attached hydrogen (secondary N) is 1. The van der Waals surface area contributed by atoms with E-state index < -0.39 is 5.91 Å². The smallest absolute Gasteiger partial charge is 0.256 e. The van der Waals surface area contributed by atoms with Gasteiger partial charge in [0.15, 0.2) is 0 Å². The molecule has 0 aromatic carbocycles. The maximum Gasteiger partial charge on any atom is 0.256 e. The molecule has 0 radical (unpaired) electrons. The van der Waals surface area contributed by atoms with Gasteiger partial charge in [-0.05, 0) is 33.4 Å². The van der Waals surface area contributed by atoms with Crippen LogP contribution >= 0.6 is 21.8 Å². The average Bonchev–Trinajstić information content (AvgIpc) is 2.13. The minimum absolute atomic E-state index is 0.396. The molecule has 1 rings (SSSR count). The summed E-state index contributed by atoms with van der Waals surface area (Å²) in [6.45, 7) is 4.42.